The topological polar surface area (TPSA) is 46.3 Å². The molecule has 2 aromatic rings. The van der Waals surface area contributed by atoms with Gasteiger partial charge in [0.1, 0.15) is 0 Å². The Morgan fingerprint density at radius 1 is 1.15 bits per heavy atom. The van der Waals surface area contributed by atoms with Crippen molar-refractivity contribution in [1.29, 1.82) is 0 Å². The number of nitrogen functional groups attached to an aromatic ring is 1. The summed E-state index contributed by atoms with van der Waals surface area (Å²) < 4.78 is 0.640. The second kappa shape index (κ2) is 5.67. The van der Waals surface area contributed by atoms with E-state index < -0.39 is 0 Å². The molecule has 0 saturated carbocycles. The van der Waals surface area contributed by atoms with Gasteiger partial charge in [-0.2, -0.15) is 0 Å². The summed E-state index contributed by atoms with van der Waals surface area (Å²) >= 11 is 3.38. The van der Waals surface area contributed by atoms with Crippen LogP contribution in [0.25, 0.3) is 0 Å². The van der Waals surface area contributed by atoms with E-state index in [0.29, 0.717) is 15.7 Å². The maximum atomic E-state index is 12.6. The number of carbonyl (C=O) groups excluding carboxylic acids is 1. The molecule has 0 radical (unpaired) electrons. The highest BCUT2D eigenvalue weighted by atomic mass is 79.9. The zero-order valence-electron chi connectivity index (χ0n) is 11.8. The maximum Gasteiger partial charge on any atom is 0.259 e. The molecule has 4 heteroatoms. The van der Waals surface area contributed by atoms with Crippen molar-refractivity contribution in [3.63, 3.8) is 0 Å². The number of carbonyl (C=O) groups is 1. The van der Waals surface area contributed by atoms with Gasteiger partial charge < -0.3 is 10.6 Å². The number of hydrogen-bond donors (Lipinski definition) is 1. The molecule has 0 unspecified atom stereocenters. The van der Waals surface area contributed by atoms with Crippen LogP contribution in [0.15, 0.2) is 40.9 Å². The van der Waals surface area contributed by atoms with Gasteiger partial charge in [-0.25, -0.2) is 0 Å². The van der Waals surface area contributed by atoms with Gasteiger partial charge in [0.2, 0.25) is 0 Å². The summed E-state index contributed by atoms with van der Waals surface area (Å²) in [6.45, 7) is 4.04. The van der Waals surface area contributed by atoms with Crippen LogP contribution in [0.5, 0.6) is 0 Å². The second-order valence-electron chi connectivity index (χ2n) is 4.92. The smallest absolute Gasteiger partial charge is 0.259 e. The Labute approximate surface area is 127 Å². The molecule has 2 aromatic carbocycles. The van der Waals surface area contributed by atoms with Crippen molar-refractivity contribution in [3.05, 3.63) is 57.6 Å². The highest BCUT2D eigenvalue weighted by molar-refractivity contribution is 9.10. The zero-order chi connectivity index (χ0) is 14.9. The van der Waals surface area contributed by atoms with Gasteiger partial charge in [0.15, 0.2) is 0 Å². The van der Waals surface area contributed by atoms with E-state index in [9.17, 15) is 4.79 Å². The first-order valence-electron chi connectivity index (χ1n) is 6.30. The van der Waals surface area contributed by atoms with Crippen LogP contribution in [0.4, 0.5) is 11.4 Å². The molecule has 0 heterocycles. The van der Waals surface area contributed by atoms with Crippen molar-refractivity contribution >= 4 is 33.2 Å². The minimum Gasteiger partial charge on any atom is -0.398 e. The summed E-state index contributed by atoms with van der Waals surface area (Å²) in [5.74, 6) is -0.0887. The van der Waals surface area contributed by atoms with Crippen LogP contribution in [-0.4, -0.2) is 13.0 Å². The summed E-state index contributed by atoms with van der Waals surface area (Å²) in [5.41, 5.74) is 10.1. The molecule has 1 amide bonds. The van der Waals surface area contributed by atoms with Crippen LogP contribution in [0, 0.1) is 13.8 Å². The molecular weight excluding hydrogens is 316 g/mol. The van der Waals surface area contributed by atoms with Gasteiger partial charge >= 0.3 is 0 Å². The molecule has 0 saturated heterocycles. The Morgan fingerprint density at radius 2 is 1.75 bits per heavy atom. The Bertz CT molecular complexity index is 647. The highest BCUT2D eigenvalue weighted by Crippen LogP contribution is 2.27. The summed E-state index contributed by atoms with van der Waals surface area (Å²) in [6.07, 6.45) is 0. The van der Waals surface area contributed by atoms with Gasteiger partial charge in [-0.1, -0.05) is 12.1 Å². The fraction of sp³-hybridized carbons (Fsp3) is 0.188. The summed E-state index contributed by atoms with van der Waals surface area (Å²) in [7, 11) is 1.77. The molecule has 0 aromatic heterocycles. The lowest BCUT2D eigenvalue weighted by Crippen LogP contribution is -2.26. The van der Waals surface area contributed by atoms with Gasteiger partial charge in [0.25, 0.3) is 5.91 Å². The monoisotopic (exact) mass is 332 g/mol. The zero-order valence-corrected chi connectivity index (χ0v) is 13.4. The number of rotatable bonds is 2. The third-order valence-electron chi connectivity index (χ3n) is 3.16. The van der Waals surface area contributed by atoms with Crippen molar-refractivity contribution in [2.24, 2.45) is 0 Å². The quantitative estimate of drug-likeness (QED) is 0.847. The number of benzene rings is 2. The van der Waals surface area contributed by atoms with Gasteiger partial charge in [-0.05, 0) is 65.2 Å². The summed E-state index contributed by atoms with van der Waals surface area (Å²) in [6, 6.07) is 11.4. The fourth-order valence-electron chi connectivity index (χ4n) is 2.16. The fourth-order valence-corrected chi connectivity index (χ4v) is 2.59. The van der Waals surface area contributed by atoms with Crippen LogP contribution in [0.3, 0.4) is 0 Å². The minimum absolute atomic E-state index is 0.0887. The first kappa shape index (κ1) is 14.6. The molecule has 0 bridgehead atoms. The van der Waals surface area contributed by atoms with Crippen LogP contribution in [-0.2, 0) is 0 Å². The van der Waals surface area contributed by atoms with E-state index in [2.05, 4.69) is 22.0 Å². The molecule has 2 rings (SSSR count). The lowest BCUT2D eigenvalue weighted by molar-refractivity contribution is 0.0992. The number of aryl methyl sites for hydroxylation is 2. The number of anilines is 2. The largest absolute Gasteiger partial charge is 0.398 e. The average molecular weight is 333 g/mol. The predicted molar refractivity (Wildman–Crippen MR) is 87.2 cm³/mol. The maximum absolute atomic E-state index is 12.6. The number of nitrogens with two attached hydrogens (primary N) is 1. The molecule has 0 atom stereocenters. The molecule has 0 aliphatic rings. The van der Waals surface area contributed by atoms with Crippen LogP contribution in [0.1, 0.15) is 21.5 Å². The van der Waals surface area contributed by atoms with Crippen molar-refractivity contribution < 1.29 is 4.79 Å². The summed E-state index contributed by atoms with van der Waals surface area (Å²) in [5, 5.41) is 0. The second-order valence-corrected chi connectivity index (χ2v) is 5.71. The van der Waals surface area contributed by atoms with Crippen molar-refractivity contribution in [3.8, 4) is 0 Å². The van der Waals surface area contributed by atoms with Crippen LogP contribution < -0.4 is 10.6 Å². The molecule has 0 aliphatic heterocycles. The molecule has 20 heavy (non-hydrogen) atoms. The van der Waals surface area contributed by atoms with E-state index in [1.54, 1.807) is 30.1 Å². The Morgan fingerprint density at radius 3 is 2.35 bits per heavy atom. The minimum atomic E-state index is -0.0887. The Balaban J connectivity index is 2.40. The number of halogens is 1. The number of amides is 1. The molecule has 0 aliphatic carbocycles. The summed E-state index contributed by atoms with van der Waals surface area (Å²) in [4.78, 5) is 14.2. The molecular formula is C16H17BrN2O. The first-order valence-corrected chi connectivity index (χ1v) is 7.10. The molecule has 0 fully saturated rings. The molecule has 2 N–H and O–H groups in total. The average Bonchev–Trinajstić information content (AvgIpc) is 2.39. The van der Waals surface area contributed by atoms with E-state index in [4.69, 9.17) is 5.73 Å². The van der Waals surface area contributed by atoms with Crippen molar-refractivity contribution in [2.45, 2.75) is 13.8 Å². The van der Waals surface area contributed by atoms with E-state index in [1.165, 1.54) is 0 Å². The molecule has 0 spiro atoms. The lowest BCUT2D eigenvalue weighted by atomic mass is 10.1. The van der Waals surface area contributed by atoms with Crippen molar-refractivity contribution in [1.82, 2.24) is 0 Å². The Hall–Kier alpha value is -1.81. The predicted octanol–water partition coefficient (Wildman–Crippen LogP) is 3.92. The molecule has 3 nitrogen and oxygen atoms in total. The van der Waals surface area contributed by atoms with Gasteiger partial charge in [-0.15, -0.1) is 0 Å². The number of hydrogen-bond acceptors (Lipinski definition) is 2. The van der Waals surface area contributed by atoms with Crippen molar-refractivity contribution in [2.75, 3.05) is 17.7 Å². The van der Waals surface area contributed by atoms with E-state index >= 15 is 0 Å². The third kappa shape index (κ3) is 2.85. The number of nitrogens with zero attached hydrogens (tertiary/aromatic N) is 1. The normalized spacial score (nSPS) is 10.4. The lowest BCUT2D eigenvalue weighted by Gasteiger charge is -2.19. The van der Waals surface area contributed by atoms with E-state index in [-0.39, 0.29) is 5.91 Å². The van der Waals surface area contributed by atoms with Gasteiger partial charge in [0, 0.05) is 18.4 Å². The van der Waals surface area contributed by atoms with Gasteiger partial charge in [-0.3, -0.25) is 4.79 Å². The first-order chi connectivity index (χ1) is 9.40. The SMILES string of the molecule is Cc1cc(C)cc(N(C)C(=O)c2cccc(N)c2Br)c1. The van der Waals surface area contributed by atoms with Crippen LogP contribution in [0.2, 0.25) is 0 Å². The van der Waals surface area contributed by atoms with E-state index in [0.717, 1.165) is 16.8 Å². The Kier molecular flexibility index (Phi) is 4.14. The standard InChI is InChI=1S/C16H17BrN2O/c1-10-7-11(2)9-12(8-10)19(3)16(20)13-5-4-6-14(18)15(13)17/h4-9H,18H2,1-3H3. The third-order valence-corrected chi connectivity index (χ3v) is 4.04. The van der Waals surface area contributed by atoms with Crippen LogP contribution >= 0.6 is 15.9 Å². The van der Waals surface area contributed by atoms with Gasteiger partial charge in [0.05, 0.1) is 10.0 Å². The molecule has 104 valence electrons. The highest BCUT2D eigenvalue weighted by Gasteiger charge is 2.17. The van der Waals surface area contributed by atoms with E-state index in [1.807, 2.05) is 26.0 Å².